The van der Waals surface area contributed by atoms with Crippen LogP contribution in [0.25, 0.3) is 0 Å². The molecule has 0 aromatic rings. The fraction of sp³-hybridized carbons (Fsp3) is 0.933. The van der Waals surface area contributed by atoms with Crippen LogP contribution in [-0.4, -0.2) is 12.6 Å². The van der Waals surface area contributed by atoms with E-state index >= 15 is 0 Å². The zero-order valence-electron chi connectivity index (χ0n) is 11.8. The fourth-order valence-electron chi connectivity index (χ4n) is 2.86. The van der Waals surface area contributed by atoms with Crippen molar-refractivity contribution in [2.45, 2.75) is 71.8 Å². The molecular formula is C15H28N2. The topological polar surface area (TPSA) is 35.8 Å². The average Bonchev–Trinajstić information content (AvgIpc) is 2.34. The van der Waals surface area contributed by atoms with Crippen LogP contribution in [0.4, 0.5) is 0 Å². The third kappa shape index (κ3) is 5.08. The molecule has 0 aliphatic heterocycles. The fourth-order valence-corrected chi connectivity index (χ4v) is 2.86. The number of nitriles is 1. The average molecular weight is 236 g/mol. The Morgan fingerprint density at radius 1 is 1.29 bits per heavy atom. The summed E-state index contributed by atoms with van der Waals surface area (Å²) in [5, 5.41) is 12.4. The summed E-state index contributed by atoms with van der Waals surface area (Å²) in [7, 11) is 0. The molecule has 0 radical (unpaired) electrons. The molecule has 2 heteroatoms. The van der Waals surface area contributed by atoms with Crippen molar-refractivity contribution in [1.29, 1.82) is 5.26 Å². The molecule has 0 spiro atoms. The number of nitrogens with zero attached hydrogens (tertiary/aromatic N) is 1. The predicted molar refractivity (Wildman–Crippen MR) is 72.7 cm³/mol. The van der Waals surface area contributed by atoms with Crippen LogP contribution in [0.5, 0.6) is 0 Å². The Bertz CT molecular complexity index is 252. The first-order valence-electron chi connectivity index (χ1n) is 7.19. The molecule has 2 atom stereocenters. The minimum Gasteiger partial charge on any atom is -0.313 e. The quantitative estimate of drug-likeness (QED) is 0.760. The van der Waals surface area contributed by atoms with Gasteiger partial charge < -0.3 is 5.32 Å². The molecule has 1 N–H and O–H groups in total. The van der Waals surface area contributed by atoms with E-state index in [1.807, 2.05) is 0 Å². The van der Waals surface area contributed by atoms with E-state index < -0.39 is 0 Å². The van der Waals surface area contributed by atoms with Gasteiger partial charge >= 0.3 is 0 Å². The first-order chi connectivity index (χ1) is 8.09. The molecule has 0 amide bonds. The van der Waals surface area contributed by atoms with Gasteiger partial charge in [-0.05, 0) is 30.6 Å². The lowest BCUT2D eigenvalue weighted by Gasteiger charge is -2.35. The molecular weight excluding hydrogens is 208 g/mol. The van der Waals surface area contributed by atoms with Crippen LogP contribution in [-0.2, 0) is 0 Å². The van der Waals surface area contributed by atoms with Crippen molar-refractivity contribution in [2.24, 2.45) is 11.3 Å². The summed E-state index contributed by atoms with van der Waals surface area (Å²) in [5.41, 5.74) is 0.255. The highest BCUT2D eigenvalue weighted by atomic mass is 14.9. The third-order valence-electron chi connectivity index (χ3n) is 4.19. The largest absolute Gasteiger partial charge is 0.313 e. The van der Waals surface area contributed by atoms with Crippen molar-refractivity contribution < 1.29 is 0 Å². The molecule has 0 saturated heterocycles. The molecule has 2 unspecified atom stereocenters. The maximum absolute atomic E-state index is 8.66. The van der Waals surface area contributed by atoms with Gasteiger partial charge in [0.05, 0.1) is 6.07 Å². The highest BCUT2D eigenvalue weighted by Crippen LogP contribution is 2.28. The van der Waals surface area contributed by atoms with E-state index in [1.54, 1.807) is 0 Å². The zero-order chi connectivity index (χ0) is 12.7. The predicted octanol–water partition coefficient (Wildman–Crippen LogP) is 3.87. The monoisotopic (exact) mass is 236 g/mol. The molecule has 1 rings (SSSR count). The standard InChI is InChI=1S/C15H28N2/c1-4-13-8-5-6-9-14(13)17-12-15(2,3)10-7-11-16/h13-14,17H,4-10,12H2,1-3H3. The molecule has 0 bridgehead atoms. The normalized spacial score (nSPS) is 25.5. The molecule has 0 heterocycles. The molecule has 1 aliphatic rings. The molecule has 17 heavy (non-hydrogen) atoms. The van der Waals surface area contributed by atoms with Crippen molar-refractivity contribution in [3.63, 3.8) is 0 Å². The van der Waals surface area contributed by atoms with Gasteiger partial charge in [0.25, 0.3) is 0 Å². The van der Waals surface area contributed by atoms with Gasteiger partial charge in [0, 0.05) is 19.0 Å². The van der Waals surface area contributed by atoms with Crippen molar-refractivity contribution in [3.8, 4) is 6.07 Å². The lowest BCUT2D eigenvalue weighted by Crippen LogP contribution is -2.42. The summed E-state index contributed by atoms with van der Waals surface area (Å²) in [4.78, 5) is 0. The van der Waals surface area contributed by atoms with Gasteiger partial charge in [0.1, 0.15) is 0 Å². The summed E-state index contributed by atoms with van der Waals surface area (Å²) in [6, 6.07) is 2.97. The summed E-state index contributed by atoms with van der Waals surface area (Å²) in [6.45, 7) is 7.89. The van der Waals surface area contributed by atoms with Crippen molar-refractivity contribution in [3.05, 3.63) is 0 Å². The Morgan fingerprint density at radius 2 is 2.00 bits per heavy atom. The Balaban J connectivity index is 2.35. The molecule has 1 aliphatic carbocycles. The van der Waals surface area contributed by atoms with E-state index in [0.717, 1.165) is 24.9 Å². The smallest absolute Gasteiger partial charge is 0.0621 e. The van der Waals surface area contributed by atoms with Crippen LogP contribution < -0.4 is 5.32 Å². The Labute approximate surface area is 107 Å². The SMILES string of the molecule is CCC1CCCCC1NCC(C)(C)CCC#N. The van der Waals surface area contributed by atoms with Crippen LogP contribution >= 0.6 is 0 Å². The Morgan fingerprint density at radius 3 is 2.65 bits per heavy atom. The number of rotatable bonds is 6. The third-order valence-corrected chi connectivity index (χ3v) is 4.19. The second-order valence-corrected chi connectivity index (χ2v) is 6.26. The Hall–Kier alpha value is -0.550. The van der Waals surface area contributed by atoms with Crippen LogP contribution in [0.1, 0.15) is 65.7 Å². The van der Waals surface area contributed by atoms with E-state index in [4.69, 9.17) is 5.26 Å². The van der Waals surface area contributed by atoms with Gasteiger partial charge in [-0.15, -0.1) is 0 Å². The molecule has 2 nitrogen and oxygen atoms in total. The van der Waals surface area contributed by atoms with Gasteiger partial charge in [0.2, 0.25) is 0 Å². The molecule has 0 aromatic heterocycles. The highest BCUT2D eigenvalue weighted by Gasteiger charge is 2.25. The van der Waals surface area contributed by atoms with Crippen molar-refractivity contribution >= 4 is 0 Å². The van der Waals surface area contributed by atoms with Crippen LogP contribution in [0, 0.1) is 22.7 Å². The lowest BCUT2D eigenvalue weighted by molar-refractivity contribution is 0.218. The van der Waals surface area contributed by atoms with E-state index in [0.29, 0.717) is 6.42 Å². The molecule has 98 valence electrons. The number of hydrogen-bond acceptors (Lipinski definition) is 2. The number of nitrogens with one attached hydrogen (secondary N) is 1. The van der Waals surface area contributed by atoms with Crippen molar-refractivity contribution in [2.75, 3.05) is 6.54 Å². The van der Waals surface area contributed by atoms with Gasteiger partial charge in [-0.3, -0.25) is 0 Å². The maximum atomic E-state index is 8.66. The maximum Gasteiger partial charge on any atom is 0.0621 e. The van der Waals surface area contributed by atoms with Crippen LogP contribution in [0.15, 0.2) is 0 Å². The van der Waals surface area contributed by atoms with E-state index in [-0.39, 0.29) is 5.41 Å². The van der Waals surface area contributed by atoms with E-state index in [2.05, 4.69) is 32.2 Å². The molecule has 0 aromatic carbocycles. The number of hydrogen-bond donors (Lipinski definition) is 1. The summed E-state index contributed by atoms with van der Waals surface area (Å²) in [6.07, 6.45) is 8.51. The Kier molecular flexibility index (Phi) is 5.98. The highest BCUT2D eigenvalue weighted by molar-refractivity contribution is 4.84. The van der Waals surface area contributed by atoms with Gasteiger partial charge in [0.15, 0.2) is 0 Å². The minimum atomic E-state index is 0.255. The minimum absolute atomic E-state index is 0.255. The van der Waals surface area contributed by atoms with Crippen molar-refractivity contribution in [1.82, 2.24) is 5.32 Å². The second-order valence-electron chi connectivity index (χ2n) is 6.26. The van der Waals surface area contributed by atoms with Gasteiger partial charge in [-0.2, -0.15) is 5.26 Å². The van der Waals surface area contributed by atoms with Crippen LogP contribution in [0.3, 0.4) is 0 Å². The zero-order valence-corrected chi connectivity index (χ0v) is 11.8. The summed E-state index contributed by atoms with van der Waals surface area (Å²) >= 11 is 0. The summed E-state index contributed by atoms with van der Waals surface area (Å²) in [5.74, 6) is 0.871. The van der Waals surface area contributed by atoms with E-state index in [9.17, 15) is 0 Å². The molecule has 1 fully saturated rings. The van der Waals surface area contributed by atoms with Gasteiger partial charge in [-0.1, -0.05) is 40.0 Å². The van der Waals surface area contributed by atoms with Gasteiger partial charge in [-0.25, -0.2) is 0 Å². The van der Waals surface area contributed by atoms with E-state index in [1.165, 1.54) is 32.1 Å². The second kappa shape index (κ2) is 7.01. The summed E-state index contributed by atoms with van der Waals surface area (Å²) < 4.78 is 0. The van der Waals surface area contributed by atoms with Crippen LogP contribution in [0.2, 0.25) is 0 Å². The lowest BCUT2D eigenvalue weighted by atomic mass is 9.81. The molecule has 1 saturated carbocycles. The first-order valence-corrected chi connectivity index (χ1v) is 7.19. The first kappa shape index (κ1) is 14.5.